The van der Waals surface area contributed by atoms with E-state index >= 15 is 0 Å². The number of rotatable bonds is 2. The molecule has 0 aliphatic carbocycles. The molecule has 0 unspecified atom stereocenters. The molecular weight excluding hydrogens is 281 g/mol. The van der Waals surface area contributed by atoms with Gasteiger partial charge in [-0.3, -0.25) is 4.90 Å². The zero-order valence-electron chi connectivity index (χ0n) is 10.1. The molecule has 94 valence electrons. The fourth-order valence-electron chi connectivity index (χ4n) is 2.37. The van der Waals surface area contributed by atoms with Crippen LogP contribution in [0, 0.1) is 5.82 Å². The van der Waals surface area contributed by atoms with Gasteiger partial charge in [-0.2, -0.15) is 0 Å². The van der Waals surface area contributed by atoms with Crippen LogP contribution in [0.5, 0.6) is 0 Å². The summed E-state index contributed by atoms with van der Waals surface area (Å²) >= 11 is 3.25. The summed E-state index contributed by atoms with van der Waals surface area (Å²) < 4.78 is 13.7. The van der Waals surface area contributed by atoms with Crippen molar-refractivity contribution < 1.29 is 4.39 Å². The van der Waals surface area contributed by atoms with Crippen molar-refractivity contribution in [2.24, 2.45) is 0 Å². The van der Waals surface area contributed by atoms with E-state index in [1.54, 1.807) is 6.07 Å². The number of nitrogens with zero attached hydrogens (tertiary/aromatic N) is 1. The van der Waals surface area contributed by atoms with Gasteiger partial charge >= 0.3 is 0 Å². The summed E-state index contributed by atoms with van der Waals surface area (Å²) in [4.78, 5) is 2.48. The van der Waals surface area contributed by atoms with E-state index in [0.717, 1.165) is 6.54 Å². The largest absolute Gasteiger partial charge is 0.299 e. The second-order valence-electron chi connectivity index (χ2n) is 4.79. The van der Waals surface area contributed by atoms with E-state index in [-0.39, 0.29) is 5.82 Å². The fourth-order valence-corrected chi connectivity index (χ4v) is 2.79. The number of halogens is 2. The Bertz CT molecular complexity index is 359. The van der Waals surface area contributed by atoms with Gasteiger partial charge in [0.25, 0.3) is 0 Å². The van der Waals surface area contributed by atoms with Crippen LogP contribution in [0.4, 0.5) is 4.39 Å². The highest BCUT2D eigenvalue weighted by Crippen LogP contribution is 2.19. The lowest BCUT2D eigenvalue weighted by Gasteiger charge is -2.24. The van der Waals surface area contributed by atoms with E-state index in [9.17, 15) is 4.39 Å². The Morgan fingerprint density at radius 3 is 2.35 bits per heavy atom. The highest BCUT2D eigenvalue weighted by Gasteiger charge is 2.09. The van der Waals surface area contributed by atoms with Crippen molar-refractivity contribution in [3.05, 3.63) is 34.1 Å². The first-order chi connectivity index (χ1) is 8.25. The topological polar surface area (TPSA) is 3.24 Å². The SMILES string of the molecule is Fc1ccc(CN2CCCCCCC2)cc1Br. The van der Waals surface area contributed by atoms with Gasteiger partial charge in [-0.15, -0.1) is 0 Å². The van der Waals surface area contributed by atoms with Crippen molar-refractivity contribution in [3.63, 3.8) is 0 Å². The van der Waals surface area contributed by atoms with Crippen molar-refractivity contribution in [2.45, 2.75) is 38.6 Å². The molecule has 2 rings (SSSR count). The van der Waals surface area contributed by atoms with Gasteiger partial charge in [0.05, 0.1) is 4.47 Å². The first-order valence-electron chi connectivity index (χ1n) is 6.42. The molecule has 0 saturated carbocycles. The average Bonchev–Trinajstić information content (AvgIpc) is 2.27. The lowest BCUT2D eigenvalue weighted by atomic mass is 10.1. The van der Waals surface area contributed by atoms with E-state index in [1.165, 1.54) is 50.8 Å². The third-order valence-corrected chi connectivity index (χ3v) is 3.95. The highest BCUT2D eigenvalue weighted by atomic mass is 79.9. The summed E-state index contributed by atoms with van der Waals surface area (Å²) in [6, 6.07) is 5.33. The monoisotopic (exact) mass is 299 g/mol. The fraction of sp³-hybridized carbons (Fsp3) is 0.571. The van der Waals surface area contributed by atoms with Gasteiger partial charge in [0.15, 0.2) is 0 Å². The second kappa shape index (κ2) is 6.50. The molecule has 0 atom stereocenters. The van der Waals surface area contributed by atoms with Gasteiger partial charge in [0.1, 0.15) is 5.82 Å². The van der Waals surface area contributed by atoms with E-state index in [0.29, 0.717) is 4.47 Å². The van der Waals surface area contributed by atoms with Crippen LogP contribution in [0.2, 0.25) is 0 Å². The maximum atomic E-state index is 13.1. The molecule has 0 radical (unpaired) electrons. The molecule has 0 spiro atoms. The molecule has 1 fully saturated rings. The van der Waals surface area contributed by atoms with Gasteiger partial charge < -0.3 is 0 Å². The Hall–Kier alpha value is -0.410. The summed E-state index contributed by atoms with van der Waals surface area (Å²) in [5.74, 6) is -0.179. The van der Waals surface area contributed by atoms with Crippen molar-refractivity contribution in [3.8, 4) is 0 Å². The minimum absolute atomic E-state index is 0.179. The predicted molar refractivity (Wildman–Crippen MR) is 72.5 cm³/mol. The van der Waals surface area contributed by atoms with Crippen LogP contribution in [-0.2, 0) is 6.54 Å². The highest BCUT2D eigenvalue weighted by molar-refractivity contribution is 9.10. The van der Waals surface area contributed by atoms with E-state index < -0.39 is 0 Å². The molecule has 1 aliphatic heterocycles. The smallest absolute Gasteiger partial charge is 0.137 e. The summed E-state index contributed by atoms with van der Waals surface area (Å²) in [7, 11) is 0. The molecule has 1 aromatic rings. The molecule has 1 aliphatic rings. The number of hydrogen-bond donors (Lipinski definition) is 0. The molecule has 0 aromatic heterocycles. The second-order valence-corrected chi connectivity index (χ2v) is 5.65. The van der Waals surface area contributed by atoms with Crippen molar-refractivity contribution in [1.82, 2.24) is 4.90 Å². The van der Waals surface area contributed by atoms with Gasteiger partial charge in [-0.1, -0.05) is 25.3 Å². The Kier molecular flexibility index (Phi) is 4.99. The quantitative estimate of drug-likeness (QED) is 0.784. The van der Waals surface area contributed by atoms with Crippen LogP contribution in [0.25, 0.3) is 0 Å². The number of benzene rings is 1. The van der Waals surface area contributed by atoms with Crippen LogP contribution in [-0.4, -0.2) is 18.0 Å². The van der Waals surface area contributed by atoms with Crippen LogP contribution in [0.3, 0.4) is 0 Å². The zero-order valence-corrected chi connectivity index (χ0v) is 11.7. The van der Waals surface area contributed by atoms with Crippen molar-refractivity contribution in [1.29, 1.82) is 0 Å². The molecule has 0 amide bonds. The standard InChI is InChI=1S/C14H19BrFN/c15-13-10-12(6-7-14(13)16)11-17-8-4-2-1-3-5-9-17/h6-7,10H,1-5,8-9,11H2. The summed E-state index contributed by atoms with van der Waals surface area (Å²) in [5, 5.41) is 0. The van der Waals surface area contributed by atoms with Crippen molar-refractivity contribution in [2.75, 3.05) is 13.1 Å². The van der Waals surface area contributed by atoms with E-state index in [1.807, 2.05) is 12.1 Å². The van der Waals surface area contributed by atoms with Crippen LogP contribution in [0.1, 0.15) is 37.7 Å². The summed E-state index contributed by atoms with van der Waals surface area (Å²) in [6.45, 7) is 3.29. The Morgan fingerprint density at radius 2 is 1.71 bits per heavy atom. The normalized spacial score (nSPS) is 18.7. The Balaban J connectivity index is 1.95. The molecule has 1 heterocycles. The minimum Gasteiger partial charge on any atom is -0.299 e. The van der Waals surface area contributed by atoms with Gasteiger partial charge in [0, 0.05) is 6.54 Å². The van der Waals surface area contributed by atoms with E-state index in [4.69, 9.17) is 0 Å². The first kappa shape index (κ1) is 13.0. The van der Waals surface area contributed by atoms with Gasteiger partial charge in [-0.05, 0) is 59.6 Å². The molecule has 0 bridgehead atoms. The first-order valence-corrected chi connectivity index (χ1v) is 7.21. The third-order valence-electron chi connectivity index (χ3n) is 3.34. The molecule has 0 N–H and O–H groups in total. The molecule has 3 heteroatoms. The lowest BCUT2D eigenvalue weighted by Crippen LogP contribution is -2.26. The number of likely N-dealkylation sites (tertiary alicyclic amines) is 1. The molecule has 1 aromatic carbocycles. The third kappa shape index (κ3) is 4.07. The molecule has 17 heavy (non-hydrogen) atoms. The van der Waals surface area contributed by atoms with Crippen molar-refractivity contribution >= 4 is 15.9 Å². The summed E-state index contributed by atoms with van der Waals surface area (Å²) in [5.41, 5.74) is 1.19. The predicted octanol–water partition coefficient (Wildman–Crippen LogP) is 4.35. The van der Waals surface area contributed by atoms with Gasteiger partial charge in [-0.25, -0.2) is 4.39 Å². The Labute approximate surface area is 111 Å². The number of hydrogen-bond acceptors (Lipinski definition) is 1. The minimum atomic E-state index is -0.179. The van der Waals surface area contributed by atoms with Crippen LogP contribution < -0.4 is 0 Å². The molecular formula is C14H19BrFN. The molecule has 1 nitrogen and oxygen atoms in total. The van der Waals surface area contributed by atoms with Crippen LogP contribution >= 0.6 is 15.9 Å². The average molecular weight is 300 g/mol. The maximum Gasteiger partial charge on any atom is 0.137 e. The van der Waals surface area contributed by atoms with E-state index in [2.05, 4.69) is 20.8 Å². The zero-order chi connectivity index (χ0) is 12.1. The van der Waals surface area contributed by atoms with Crippen LogP contribution in [0.15, 0.2) is 22.7 Å². The van der Waals surface area contributed by atoms with Gasteiger partial charge in [0.2, 0.25) is 0 Å². The maximum absolute atomic E-state index is 13.1. The molecule has 1 saturated heterocycles. The Morgan fingerprint density at radius 1 is 1.06 bits per heavy atom. The lowest BCUT2D eigenvalue weighted by molar-refractivity contribution is 0.239. The summed E-state index contributed by atoms with van der Waals surface area (Å²) in [6.07, 6.45) is 6.67.